The molecule has 0 amide bonds. The largest absolute Gasteiger partial charge is 0.330 e. The molecular formula is C16H26N5O2P2+. The Kier molecular flexibility index (Phi) is 6.38. The molecule has 2 heterocycles. The van der Waals surface area contributed by atoms with Crippen molar-refractivity contribution in [3.05, 3.63) is 12.0 Å². The van der Waals surface area contributed by atoms with Gasteiger partial charge in [-0.05, 0) is 12.3 Å². The third kappa shape index (κ3) is 4.36. The Hall–Kier alpha value is -1.09. The zero-order chi connectivity index (χ0) is 17.8. The summed E-state index contributed by atoms with van der Waals surface area (Å²) in [6.07, 6.45) is 8.35. The van der Waals surface area contributed by atoms with Crippen LogP contribution >= 0.6 is 16.5 Å². The highest BCUT2D eigenvalue weighted by molar-refractivity contribution is 7.56. The number of imidazole rings is 1. The fourth-order valence-corrected chi connectivity index (χ4v) is 5.80. The molecule has 136 valence electrons. The maximum Gasteiger partial charge on any atom is 0.330 e. The first-order chi connectivity index (χ1) is 12.1. The average Bonchev–Trinajstić information content (AvgIpc) is 3.24. The molecule has 1 saturated carbocycles. The molecule has 4 unspecified atom stereocenters. The molecule has 7 nitrogen and oxygen atoms in total. The van der Waals surface area contributed by atoms with Crippen LogP contribution in [0.2, 0.25) is 0 Å². The third-order valence-corrected chi connectivity index (χ3v) is 7.34. The van der Waals surface area contributed by atoms with Gasteiger partial charge in [0, 0.05) is 19.4 Å². The third-order valence-electron chi connectivity index (χ3n) is 5.11. The van der Waals surface area contributed by atoms with E-state index in [1.807, 2.05) is 17.8 Å². The second-order valence-electron chi connectivity index (χ2n) is 6.81. The lowest BCUT2D eigenvalue weighted by Gasteiger charge is -2.10. The Bertz CT molecular complexity index is 781. The minimum atomic E-state index is -0.714. The van der Waals surface area contributed by atoms with Crippen LogP contribution in [-0.4, -0.2) is 37.3 Å². The van der Waals surface area contributed by atoms with Gasteiger partial charge in [0.15, 0.2) is 13.2 Å². The van der Waals surface area contributed by atoms with Gasteiger partial charge < -0.3 is 4.52 Å². The molecule has 0 bridgehead atoms. The van der Waals surface area contributed by atoms with Crippen molar-refractivity contribution in [3.8, 4) is 0 Å². The summed E-state index contributed by atoms with van der Waals surface area (Å²) in [6, 6.07) is 0. The van der Waals surface area contributed by atoms with Gasteiger partial charge in [-0.3, -0.25) is 14.8 Å². The van der Waals surface area contributed by atoms with Gasteiger partial charge in [-0.15, -0.1) is 0 Å². The predicted octanol–water partition coefficient (Wildman–Crippen LogP) is 2.74. The molecular weight excluding hydrogens is 356 g/mol. The summed E-state index contributed by atoms with van der Waals surface area (Å²) in [5.41, 5.74) is 9.48. The quantitative estimate of drug-likeness (QED) is 0.710. The highest BCUT2D eigenvalue weighted by Gasteiger charge is 2.29. The lowest BCUT2D eigenvalue weighted by molar-refractivity contribution is 0.271. The van der Waals surface area contributed by atoms with E-state index in [4.69, 9.17) is 10.0 Å². The van der Waals surface area contributed by atoms with Crippen LogP contribution < -0.4 is 5.50 Å². The van der Waals surface area contributed by atoms with Gasteiger partial charge in [0.25, 0.3) is 0 Å². The topological polar surface area (TPSA) is 88.0 Å². The van der Waals surface area contributed by atoms with Crippen molar-refractivity contribution in [3.63, 3.8) is 0 Å². The molecule has 1 aliphatic rings. The van der Waals surface area contributed by atoms with Gasteiger partial charge in [-0.1, -0.05) is 19.8 Å². The number of hydrogen-bond donors (Lipinski definition) is 1. The van der Waals surface area contributed by atoms with Crippen LogP contribution in [-0.2, 0) is 29.5 Å². The molecule has 3 rings (SSSR count). The molecule has 2 aromatic heterocycles. The van der Waals surface area contributed by atoms with Crippen LogP contribution in [0.15, 0.2) is 6.20 Å². The van der Waals surface area contributed by atoms with E-state index in [9.17, 15) is 4.79 Å². The van der Waals surface area contributed by atoms with Gasteiger partial charge >= 0.3 is 5.66 Å². The van der Waals surface area contributed by atoms with E-state index < -0.39 is 7.55 Å². The van der Waals surface area contributed by atoms with Gasteiger partial charge in [-0.2, -0.15) is 9.89 Å². The normalized spacial score (nSPS) is 21.5. The fraction of sp³-hybridized carbons (Fsp3) is 0.688. The van der Waals surface area contributed by atoms with E-state index in [0.29, 0.717) is 12.6 Å². The molecule has 0 spiro atoms. The number of aryl methyl sites for hydroxylation is 2. The Labute approximate surface area is 150 Å². The molecule has 2 N–H and O–H groups in total. The van der Waals surface area contributed by atoms with Crippen LogP contribution in [0.1, 0.15) is 32.0 Å². The molecule has 0 radical (unpaired) electrons. The molecule has 1 aliphatic carbocycles. The van der Waals surface area contributed by atoms with Crippen molar-refractivity contribution >= 4 is 33.3 Å². The van der Waals surface area contributed by atoms with Crippen molar-refractivity contribution in [2.24, 2.45) is 24.4 Å². The minimum Gasteiger partial charge on any atom is -0.326 e. The van der Waals surface area contributed by atoms with E-state index in [-0.39, 0.29) is 8.96 Å². The van der Waals surface area contributed by atoms with Crippen molar-refractivity contribution in [1.29, 1.82) is 0 Å². The number of rotatable bonds is 8. The average molecular weight is 382 g/mol. The minimum absolute atomic E-state index is 0.0735. The lowest BCUT2D eigenvalue weighted by atomic mass is 10.0. The van der Waals surface area contributed by atoms with Crippen molar-refractivity contribution in [1.82, 2.24) is 19.3 Å². The summed E-state index contributed by atoms with van der Waals surface area (Å²) in [6.45, 7) is 2.66. The summed E-state index contributed by atoms with van der Waals surface area (Å²) in [5, 5.41) is 4.45. The summed E-state index contributed by atoms with van der Waals surface area (Å²) < 4.78 is 9.11. The molecule has 0 aliphatic heterocycles. The molecule has 1 fully saturated rings. The maximum atomic E-state index is 11.5. The summed E-state index contributed by atoms with van der Waals surface area (Å²) in [7, 11) is 1.09. The smallest absolute Gasteiger partial charge is 0.326 e. The van der Waals surface area contributed by atoms with Crippen LogP contribution in [0.4, 0.5) is 0 Å². The van der Waals surface area contributed by atoms with Gasteiger partial charge in [0.05, 0.1) is 15.2 Å². The monoisotopic (exact) mass is 382 g/mol. The second kappa shape index (κ2) is 8.53. The fourth-order valence-electron chi connectivity index (χ4n) is 3.67. The van der Waals surface area contributed by atoms with E-state index in [1.54, 1.807) is 4.68 Å². The van der Waals surface area contributed by atoms with Gasteiger partial charge in [0.1, 0.15) is 30.4 Å². The van der Waals surface area contributed by atoms with Crippen LogP contribution in [0.3, 0.4) is 0 Å². The summed E-state index contributed by atoms with van der Waals surface area (Å²) >= 11 is 0. The van der Waals surface area contributed by atoms with Crippen molar-refractivity contribution in [2.75, 3.05) is 12.3 Å². The van der Waals surface area contributed by atoms with Gasteiger partial charge in [-0.25, -0.2) is 4.98 Å². The van der Waals surface area contributed by atoms with Crippen molar-refractivity contribution in [2.45, 2.75) is 39.3 Å². The Balaban J connectivity index is 1.70. The molecule has 0 aromatic carbocycles. The zero-order valence-corrected chi connectivity index (χ0v) is 16.7. The lowest BCUT2D eigenvalue weighted by Crippen LogP contribution is -2.10. The highest BCUT2D eigenvalue weighted by Crippen LogP contribution is 2.38. The van der Waals surface area contributed by atoms with Crippen molar-refractivity contribution < 1.29 is 9.32 Å². The van der Waals surface area contributed by atoms with E-state index in [1.165, 1.54) is 19.3 Å². The summed E-state index contributed by atoms with van der Waals surface area (Å²) in [4.78, 5) is 16.1. The number of aromatic nitrogens is 4. The van der Waals surface area contributed by atoms with E-state index in [2.05, 4.69) is 22.7 Å². The zero-order valence-electron chi connectivity index (χ0n) is 14.8. The maximum absolute atomic E-state index is 11.5. The highest BCUT2D eigenvalue weighted by atomic mass is 31.1. The summed E-state index contributed by atoms with van der Waals surface area (Å²) in [5.74, 6) is 2.35. The van der Waals surface area contributed by atoms with E-state index in [0.717, 1.165) is 41.7 Å². The molecule has 4 atom stereocenters. The van der Waals surface area contributed by atoms with Crippen LogP contribution in [0.5, 0.6) is 0 Å². The van der Waals surface area contributed by atoms with Crippen LogP contribution in [0.25, 0.3) is 11.2 Å². The molecule has 9 heteroatoms. The molecule has 2 aromatic rings. The Morgan fingerprint density at radius 1 is 1.52 bits per heavy atom. The van der Waals surface area contributed by atoms with E-state index >= 15 is 0 Å². The Morgan fingerprint density at radius 3 is 3.04 bits per heavy atom. The number of carbonyl (C=O) groups excluding carboxylic acids is 1. The first-order valence-corrected chi connectivity index (χ1v) is 11.4. The standard InChI is InChI=1S/C16H26N5O2P2/c1-12-4-3-5-13(12)9-25(11-22)7-6-15-18-14-8-20(2)19-16(14)21(15)10-23-24-17/h8,12-13,24H,3-7,9-10,17H2,1-2H3/q+1. The SMILES string of the molecule is CC1CCCC1C[P+](=C=O)CCc1nc2cn(C)nc2n1COPN. The molecule has 0 saturated heterocycles. The number of nitrogens with zero attached hydrogens (tertiary/aromatic N) is 4. The number of nitrogens with two attached hydrogens (primary N) is 1. The molecule has 25 heavy (non-hydrogen) atoms. The van der Waals surface area contributed by atoms with Gasteiger partial charge in [0.2, 0.25) is 0 Å². The second-order valence-corrected chi connectivity index (χ2v) is 9.41. The number of hydrogen-bond acceptors (Lipinski definition) is 5. The predicted molar refractivity (Wildman–Crippen MR) is 103 cm³/mol. The van der Waals surface area contributed by atoms with Crippen LogP contribution in [0, 0.1) is 11.8 Å². The Morgan fingerprint density at radius 2 is 2.36 bits per heavy atom. The first kappa shape index (κ1) is 18.7. The first-order valence-electron chi connectivity index (χ1n) is 8.71. The number of fused-ring (bicyclic) bond motifs is 1.